The summed E-state index contributed by atoms with van der Waals surface area (Å²) in [6, 6.07) is 15.7. The molecular formula is C30H41NO6. The molecule has 0 aliphatic carbocycles. The Hall–Kier alpha value is -3.48. The van der Waals surface area contributed by atoms with E-state index in [-0.39, 0.29) is 6.54 Å². The van der Waals surface area contributed by atoms with Gasteiger partial charge in [0.15, 0.2) is 0 Å². The van der Waals surface area contributed by atoms with Gasteiger partial charge in [-0.05, 0) is 96.7 Å². The molecule has 0 N–H and O–H groups in total. The predicted octanol–water partition coefficient (Wildman–Crippen LogP) is 8.46. The first-order chi connectivity index (χ1) is 17.3. The van der Waals surface area contributed by atoms with Crippen molar-refractivity contribution in [2.24, 2.45) is 0 Å². The molecule has 0 radical (unpaired) electrons. The molecule has 2 aromatic carbocycles. The Kier molecular flexibility index (Phi) is 10.6. The van der Waals surface area contributed by atoms with Crippen LogP contribution < -0.4 is 4.74 Å². The lowest BCUT2D eigenvalue weighted by Gasteiger charge is -2.26. The molecule has 0 aliphatic heterocycles. The number of hydrogen-bond donors (Lipinski definition) is 0. The van der Waals surface area contributed by atoms with E-state index >= 15 is 0 Å². The molecule has 202 valence electrons. The maximum absolute atomic E-state index is 12.8. The number of ether oxygens (including phenoxy) is 3. The zero-order valence-electron chi connectivity index (χ0n) is 23.4. The topological polar surface area (TPSA) is 74.3 Å². The number of benzene rings is 2. The van der Waals surface area contributed by atoms with E-state index in [4.69, 9.17) is 19.0 Å². The van der Waals surface area contributed by atoms with Crippen LogP contribution in [0.2, 0.25) is 0 Å². The fourth-order valence-corrected chi connectivity index (χ4v) is 3.25. The molecule has 0 atom stereocenters. The summed E-state index contributed by atoms with van der Waals surface area (Å²) in [5.41, 5.74) is 1.59. The van der Waals surface area contributed by atoms with Gasteiger partial charge >= 0.3 is 12.2 Å². The normalized spacial score (nSPS) is 12.1. The minimum absolute atomic E-state index is 0.00372. The molecule has 0 aromatic heterocycles. The number of amides is 1. The number of hydroxylamine groups is 2. The highest BCUT2D eigenvalue weighted by molar-refractivity contribution is 5.72. The van der Waals surface area contributed by atoms with Crippen molar-refractivity contribution in [3.05, 3.63) is 65.7 Å². The van der Waals surface area contributed by atoms with Gasteiger partial charge in [-0.25, -0.2) is 9.59 Å². The first kappa shape index (κ1) is 29.7. The molecule has 0 spiro atoms. The minimum Gasteiger partial charge on any atom is -0.457 e. The summed E-state index contributed by atoms with van der Waals surface area (Å²) in [5.74, 6) is 1.46. The molecule has 0 unspecified atom stereocenters. The van der Waals surface area contributed by atoms with Gasteiger partial charge in [0.05, 0.1) is 6.54 Å². The van der Waals surface area contributed by atoms with Crippen LogP contribution in [0.1, 0.15) is 78.9 Å². The number of nitrogens with zero attached hydrogens (tertiary/aromatic N) is 1. The van der Waals surface area contributed by atoms with Gasteiger partial charge in [-0.2, -0.15) is 0 Å². The van der Waals surface area contributed by atoms with Crippen LogP contribution in [0.25, 0.3) is 5.57 Å². The lowest BCUT2D eigenvalue weighted by Crippen LogP contribution is -2.40. The molecule has 0 saturated heterocycles. The van der Waals surface area contributed by atoms with Crippen LogP contribution in [0.4, 0.5) is 9.59 Å². The summed E-state index contributed by atoms with van der Waals surface area (Å²) in [6.45, 7) is 14.6. The van der Waals surface area contributed by atoms with Crippen LogP contribution in [0.5, 0.6) is 11.5 Å². The van der Waals surface area contributed by atoms with E-state index in [1.807, 2.05) is 61.5 Å². The van der Waals surface area contributed by atoms with Gasteiger partial charge in [0.2, 0.25) is 0 Å². The highest BCUT2D eigenvalue weighted by Crippen LogP contribution is 2.28. The summed E-state index contributed by atoms with van der Waals surface area (Å²) < 4.78 is 16.7. The lowest BCUT2D eigenvalue weighted by molar-refractivity contribution is -0.130. The molecule has 7 heteroatoms. The van der Waals surface area contributed by atoms with Gasteiger partial charge in [-0.15, -0.1) is 5.06 Å². The number of hydrogen-bond acceptors (Lipinski definition) is 6. The summed E-state index contributed by atoms with van der Waals surface area (Å²) >= 11 is 0. The molecule has 0 saturated carbocycles. The number of unbranched alkanes of at least 4 members (excludes halogenated alkanes) is 1. The predicted molar refractivity (Wildman–Crippen MR) is 145 cm³/mol. The number of carbonyl (C=O) groups is 2. The molecule has 2 aromatic rings. The minimum atomic E-state index is -0.977. The third-order valence-electron chi connectivity index (χ3n) is 4.94. The molecular weight excluding hydrogens is 470 g/mol. The first-order valence-electron chi connectivity index (χ1n) is 12.7. The summed E-state index contributed by atoms with van der Waals surface area (Å²) in [4.78, 5) is 30.4. The van der Waals surface area contributed by atoms with Crippen LogP contribution in [0.3, 0.4) is 0 Å². The monoisotopic (exact) mass is 511 g/mol. The van der Waals surface area contributed by atoms with E-state index in [0.717, 1.165) is 46.8 Å². The molecule has 0 bridgehead atoms. The van der Waals surface area contributed by atoms with Crippen molar-refractivity contribution in [1.82, 2.24) is 5.06 Å². The first-order valence-corrected chi connectivity index (χ1v) is 12.7. The maximum Gasteiger partial charge on any atom is 0.534 e. The van der Waals surface area contributed by atoms with Crippen LogP contribution in [-0.2, 0) is 14.3 Å². The Morgan fingerprint density at radius 1 is 0.892 bits per heavy atom. The number of rotatable bonds is 8. The average molecular weight is 512 g/mol. The lowest BCUT2D eigenvalue weighted by atomic mass is 9.99. The summed E-state index contributed by atoms with van der Waals surface area (Å²) in [7, 11) is 0. The Morgan fingerprint density at radius 2 is 1.54 bits per heavy atom. The third kappa shape index (κ3) is 11.4. The van der Waals surface area contributed by atoms with Crippen LogP contribution >= 0.6 is 0 Å². The van der Waals surface area contributed by atoms with E-state index in [9.17, 15) is 9.59 Å². The van der Waals surface area contributed by atoms with Crippen molar-refractivity contribution < 1.29 is 28.6 Å². The van der Waals surface area contributed by atoms with E-state index < -0.39 is 23.5 Å². The van der Waals surface area contributed by atoms with Crippen LogP contribution in [-0.4, -0.2) is 35.1 Å². The molecule has 0 heterocycles. The zero-order chi connectivity index (χ0) is 27.6. The van der Waals surface area contributed by atoms with Gasteiger partial charge in [0.25, 0.3) is 0 Å². The fourth-order valence-electron chi connectivity index (χ4n) is 3.25. The van der Waals surface area contributed by atoms with Crippen molar-refractivity contribution in [2.45, 2.75) is 85.9 Å². The van der Waals surface area contributed by atoms with E-state index in [1.165, 1.54) is 0 Å². The maximum atomic E-state index is 12.8. The Balaban J connectivity index is 2.30. The zero-order valence-corrected chi connectivity index (χ0v) is 23.4. The van der Waals surface area contributed by atoms with Crippen molar-refractivity contribution >= 4 is 17.8 Å². The van der Waals surface area contributed by atoms with Gasteiger partial charge in [-0.3, -0.25) is 4.84 Å². The summed E-state index contributed by atoms with van der Waals surface area (Å²) in [6.07, 6.45) is 2.85. The molecule has 0 fully saturated rings. The highest BCUT2D eigenvalue weighted by Gasteiger charge is 2.27. The molecule has 7 nitrogen and oxygen atoms in total. The second-order valence-electron chi connectivity index (χ2n) is 10.9. The standard InChI is InChI=1S/C30H41NO6/c1-9-10-12-23(24-13-11-14-26(21-24)34-25-17-15-22(2)16-18-25)19-20-31(27(32)35-29(3,4)5)37-28(33)36-30(6,7)8/h11,13-19,21H,9-10,12,20H2,1-8H3/b23-19+. The quantitative estimate of drug-likeness (QED) is 0.261. The van der Waals surface area contributed by atoms with Gasteiger partial charge in [-0.1, -0.05) is 49.2 Å². The van der Waals surface area contributed by atoms with E-state index in [1.54, 1.807) is 41.5 Å². The van der Waals surface area contributed by atoms with Crippen LogP contribution in [0, 0.1) is 6.92 Å². The van der Waals surface area contributed by atoms with E-state index in [0.29, 0.717) is 5.75 Å². The van der Waals surface area contributed by atoms with Crippen molar-refractivity contribution in [2.75, 3.05) is 6.54 Å². The molecule has 0 aliphatic rings. The Labute approximate surface area is 221 Å². The third-order valence-corrected chi connectivity index (χ3v) is 4.94. The number of allylic oxidation sites excluding steroid dienone is 1. The number of carbonyl (C=O) groups excluding carboxylic acids is 2. The fraction of sp³-hybridized carbons (Fsp3) is 0.467. The SMILES string of the molecule is CCCC/C(=C\CN(OC(=O)OC(C)(C)C)C(=O)OC(C)(C)C)c1cccc(Oc2ccc(C)cc2)c1. The largest absolute Gasteiger partial charge is 0.534 e. The Morgan fingerprint density at radius 3 is 2.14 bits per heavy atom. The van der Waals surface area contributed by atoms with E-state index in [2.05, 4.69) is 6.92 Å². The number of aryl methyl sites for hydroxylation is 1. The smallest absolute Gasteiger partial charge is 0.457 e. The van der Waals surface area contributed by atoms with Crippen LogP contribution in [0.15, 0.2) is 54.6 Å². The van der Waals surface area contributed by atoms with Gasteiger partial charge in [0, 0.05) is 0 Å². The van der Waals surface area contributed by atoms with Gasteiger partial charge in [0.1, 0.15) is 22.7 Å². The van der Waals surface area contributed by atoms with Crippen molar-refractivity contribution in [3.63, 3.8) is 0 Å². The molecule has 1 amide bonds. The summed E-state index contributed by atoms with van der Waals surface area (Å²) in [5, 5.41) is 0.887. The highest BCUT2D eigenvalue weighted by atomic mass is 16.8. The van der Waals surface area contributed by atoms with Crippen molar-refractivity contribution in [1.29, 1.82) is 0 Å². The second-order valence-corrected chi connectivity index (χ2v) is 10.9. The molecule has 2 rings (SSSR count). The van der Waals surface area contributed by atoms with Crippen molar-refractivity contribution in [3.8, 4) is 11.5 Å². The van der Waals surface area contributed by atoms with Gasteiger partial charge < -0.3 is 14.2 Å². The average Bonchev–Trinajstić information content (AvgIpc) is 2.77. The second kappa shape index (κ2) is 13.2. The Bertz CT molecular complexity index is 1060. The molecule has 37 heavy (non-hydrogen) atoms.